The molecule has 0 heteroatoms. The molecule has 0 heterocycles. The van der Waals surface area contributed by atoms with Crippen molar-refractivity contribution in [1.82, 2.24) is 0 Å². The van der Waals surface area contributed by atoms with Crippen LogP contribution in [-0.2, 0) is 0 Å². The first-order valence-corrected chi connectivity index (χ1v) is 7.18. The second kappa shape index (κ2) is 7.30. The fraction of sp³-hybridized carbons (Fsp3) is 1.00. The van der Waals surface area contributed by atoms with Gasteiger partial charge in [0.05, 0.1) is 0 Å². The highest BCUT2D eigenvalue weighted by Crippen LogP contribution is 2.25. The lowest BCUT2D eigenvalue weighted by Gasteiger charge is -2.18. The lowest BCUT2D eigenvalue weighted by atomic mass is 9.88. The maximum atomic E-state index is 2.45. The molecule has 0 amide bonds. The summed E-state index contributed by atoms with van der Waals surface area (Å²) in [6.45, 7) is 7.34. The average Bonchev–Trinajstić information content (AvgIpc) is 2.16. The smallest absolute Gasteiger partial charge is 0.0443 e. The molecule has 1 rings (SSSR count). The van der Waals surface area contributed by atoms with E-state index >= 15 is 0 Å². The van der Waals surface area contributed by atoms with Gasteiger partial charge in [-0.05, 0) is 17.8 Å². The summed E-state index contributed by atoms with van der Waals surface area (Å²) in [5, 5.41) is 0. The molecule has 0 aromatic heterocycles. The highest BCUT2D eigenvalue weighted by Gasteiger charge is 2.10. The van der Waals surface area contributed by atoms with Crippen LogP contribution in [0.2, 0.25) is 0 Å². The Bertz CT molecular complexity index is 110. The van der Waals surface area contributed by atoms with Gasteiger partial charge < -0.3 is 0 Å². The maximum absolute atomic E-state index is 2.45. The third-order valence-electron chi connectivity index (χ3n) is 4.18. The van der Waals surface area contributed by atoms with E-state index in [0.717, 1.165) is 17.8 Å². The van der Waals surface area contributed by atoms with Crippen molar-refractivity contribution in [3.63, 3.8) is 0 Å². The maximum Gasteiger partial charge on any atom is -0.0443 e. The summed E-state index contributed by atoms with van der Waals surface area (Å²) in [4.78, 5) is 0. The van der Waals surface area contributed by atoms with E-state index in [-0.39, 0.29) is 0 Å². The summed E-state index contributed by atoms with van der Waals surface area (Å²) in [7, 11) is 0. The molecule has 1 fully saturated rings. The molecule has 1 aliphatic rings. The molecule has 0 radical (unpaired) electrons. The normalized spacial score (nSPS) is 36.6. The molecule has 15 heavy (non-hydrogen) atoms. The van der Waals surface area contributed by atoms with E-state index in [0.29, 0.717) is 0 Å². The van der Waals surface area contributed by atoms with E-state index in [4.69, 9.17) is 0 Å². The molecule has 0 N–H and O–H groups in total. The van der Waals surface area contributed by atoms with Gasteiger partial charge >= 0.3 is 0 Å². The van der Waals surface area contributed by atoms with E-state index in [1.165, 1.54) is 57.8 Å². The van der Waals surface area contributed by atoms with Gasteiger partial charge in [-0.15, -0.1) is 0 Å². The van der Waals surface area contributed by atoms with Gasteiger partial charge in [0.1, 0.15) is 0 Å². The zero-order valence-corrected chi connectivity index (χ0v) is 11.1. The van der Waals surface area contributed by atoms with Gasteiger partial charge in [-0.25, -0.2) is 0 Å². The Labute approximate surface area is 96.8 Å². The van der Waals surface area contributed by atoms with Gasteiger partial charge in [-0.1, -0.05) is 78.6 Å². The van der Waals surface area contributed by atoms with Gasteiger partial charge in [0.15, 0.2) is 0 Å². The van der Waals surface area contributed by atoms with E-state index < -0.39 is 0 Å². The first-order valence-electron chi connectivity index (χ1n) is 7.18. The molecule has 0 spiro atoms. The summed E-state index contributed by atoms with van der Waals surface area (Å²) in [5.41, 5.74) is 0. The highest BCUT2D eigenvalue weighted by molar-refractivity contribution is 4.63. The Hall–Kier alpha value is 0. The van der Waals surface area contributed by atoms with E-state index in [9.17, 15) is 0 Å². The number of hydrogen-bond acceptors (Lipinski definition) is 0. The molecule has 0 aromatic rings. The minimum atomic E-state index is 0.976. The standard InChI is InChI=1S/C15H30/c1-13-7-4-9-14(2)11-6-12-15(3)10-5-8-13/h13-15H,4-12H2,1-3H3. The molecular weight excluding hydrogens is 180 g/mol. The molecule has 0 atom stereocenters. The monoisotopic (exact) mass is 210 g/mol. The third kappa shape index (κ3) is 6.22. The molecule has 0 unspecified atom stereocenters. The van der Waals surface area contributed by atoms with Crippen LogP contribution in [0.15, 0.2) is 0 Å². The number of rotatable bonds is 0. The first-order chi connectivity index (χ1) is 7.18. The van der Waals surface area contributed by atoms with Gasteiger partial charge in [-0.2, -0.15) is 0 Å². The van der Waals surface area contributed by atoms with Gasteiger partial charge in [0.25, 0.3) is 0 Å². The molecule has 1 aliphatic carbocycles. The Morgan fingerprint density at radius 1 is 0.467 bits per heavy atom. The van der Waals surface area contributed by atoms with Crippen LogP contribution in [0.25, 0.3) is 0 Å². The average molecular weight is 210 g/mol. The van der Waals surface area contributed by atoms with Crippen molar-refractivity contribution in [2.24, 2.45) is 17.8 Å². The molecule has 0 bridgehead atoms. The predicted octanol–water partition coefficient (Wildman–Crippen LogP) is 5.42. The molecule has 0 aliphatic heterocycles. The molecule has 0 saturated heterocycles. The molecule has 1 saturated carbocycles. The first kappa shape index (κ1) is 13.1. The summed E-state index contributed by atoms with van der Waals surface area (Å²) in [5.74, 6) is 2.93. The van der Waals surface area contributed by atoms with Crippen LogP contribution in [0.4, 0.5) is 0 Å². The fourth-order valence-corrected chi connectivity index (χ4v) is 2.88. The predicted molar refractivity (Wildman–Crippen MR) is 69.0 cm³/mol. The zero-order chi connectivity index (χ0) is 11.1. The summed E-state index contributed by atoms with van der Waals surface area (Å²) in [6, 6.07) is 0. The van der Waals surface area contributed by atoms with Crippen LogP contribution < -0.4 is 0 Å². The van der Waals surface area contributed by atoms with Crippen molar-refractivity contribution in [3.05, 3.63) is 0 Å². The van der Waals surface area contributed by atoms with Crippen LogP contribution in [0.5, 0.6) is 0 Å². The van der Waals surface area contributed by atoms with Gasteiger partial charge in [0, 0.05) is 0 Å². The topological polar surface area (TPSA) is 0 Å². The Morgan fingerprint density at radius 2 is 0.667 bits per heavy atom. The molecule has 90 valence electrons. The van der Waals surface area contributed by atoms with Crippen LogP contribution >= 0.6 is 0 Å². The number of hydrogen-bond donors (Lipinski definition) is 0. The van der Waals surface area contributed by atoms with Crippen LogP contribution in [0.3, 0.4) is 0 Å². The van der Waals surface area contributed by atoms with Crippen LogP contribution in [0.1, 0.15) is 78.6 Å². The van der Waals surface area contributed by atoms with E-state index in [1.54, 1.807) is 0 Å². The SMILES string of the molecule is CC1CCCC(C)CCCC(C)CCC1. The molecule has 0 aromatic carbocycles. The second-order valence-electron chi connectivity index (χ2n) is 6.11. The van der Waals surface area contributed by atoms with Crippen molar-refractivity contribution < 1.29 is 0 Å². The highest BCUT2D eigenvalue weighted by atomic mass is 14.2. The zero-order valence-electron chi connectivity index (χ0n) is 11.1. The Morgan fingerprint density at radius 3 is 0.867 bits per heavy atom. The molecule has 0 nitrogen and oxygen atoms in total. The van der Waals surface area contributed by atoms with Crippen molar-refractivity contribution in [2.75, 3.05) is 0 Å². The Kier molecular flexibility index (Phi) is 6.36. The van der Waals surface area contributed by atoms with Gasteiger partial charge in [-0.3, -0.25) is 0 Å². The van der Waals surface area contributed by atoms with Crippen LogP contribution in [-0.4, -0.2) is 0 Å². The summed E-state index contributed by atoms with van der Waals surface area (Å²) < 4.78 is 0. The second-order valence-corrected chi connectivity index (χ2v) is 6.11. The largest absolute Gasteiger partial charge is 0.0625 e. The van der Waals surface area contributed by atoms with Crippen molar-refractivity contribution in [1.29, 1.82) is 0 Å². The molecular formula is C15H30. The summed E-state index contributed by atoms with van der Waals surface area (Å²) in [6.07, 6.45) is 13.2. The van der Waals surface area contributed by atoms with Crippen molar-refractivity contribution in [2.45, 2.75) is 78.6 Å². The minimum Gasteiger partial charge on any atom is -0.0625 e. The Balaban J connectivity index is 2.30. The lowest BCUT2D eigenvalue weighted by Crippen LogP contribution is -2.04. The van der Waals surface area contributed by atoms with E-state index in [2.05, 4.69) is 20.8 Å². The van der Waals surface area contributed by atoms with Gasteiger partial charge in [0.2, 0.25) is 0 Å². The fourth-order valence-electron chi connectivity index (χ4n) is 2.88. The summed E-state index contributed by atoms with van der Waals surface area (Å²) >= 11 is 0. The quantitative estimate of drug-likeness (QED) is 0.501. The van der Waals surface area contributed by atoms with Crippen molar-refractivity contribution >= 4 is 0 Å². The lowest BCUT2D eigenvalue weighted by molar-refractivity contribution is 0.346. The van der Waals surface area contributed by atoms with Crippen molar-refractivity contribution in [3.8, 4) is 0 Å². The van der Waals surface area contributed by atoms with E-state index in [1.807, 2.05) is 0 Å². The van der Waals surface area contributed by atoms with Crippen LogP contribution in [0, 0.1) is 17.8 Å². The minimum absolute atomic E-state index is 0.976. The third-order valence-corrected chi connectivity index (χ3v) is 4.18.